The van der Waals surface area contributed by atoms with Gasteiger partial charge in [-0.2, -0.15) is 0 Å². The van der Waals surface area contributed by atoms with E-state index in [2.05, 4.69) is 20.4 Å². The summed E-state index contributed by atoms with van der Waals surface area (Å²) in [7, 11) is 2.73. The molecule has 0 saturated heterocycles. The molecule has 0 fully saturated rings. The van der Waals surface area contributed by atoms with Crippen LogP contribution in [0.3, 0.4) is 0 Å². The number of hydrogen-bond acceptors (Lipinski definition) is 1. The van der Waals surface area contributed by atoms with Gasteiger partial charge in [0.15, 0.2) is 0 Å². The minimum Gasteiger partial charge on any atom is -1.00 e. The predicted octanol–water partition coefficient (Wildman–Crippen LogP) is -2.56. The predicted molar refractivity (Wildman–Crippen MR) is 25.6 cm³/mol. The number of hydrogen-bond donors (Lipinski definition) is 0. The Hall–Kier alpha value is 1.46. The van der Waals surface area contributed by atoms with E-state index in [1.807, 2.05) is 0 Å². The van der Waals surface area contributed by atoms with Crippen molar-refractivity contribution in [1.82, 2.24) is 0 Å². The molecular formula is H4LiPSSi. The zero-order valence-electron chi connectivity index (χ0n) is 3.56. The van der Waals surface area contributed by atoms with Gasteiger partial charge in [-0.3, -0.25) is 0 Å². The van der Waals surface area contributed by atoms with Crippen LogP contribution in [0.2, 0.25) is 0 Å². The quantitative estimate of drug-likeness (QED) is 0.239. The van der Waals surface area contributed by atoms with Crippen molar-refractivity contribution in [2.45, 2.75) is 0 Å². The van der Waals surface area contributed by atoms with Crippen LogP contribution in [0.15, 0.2) is 0 Å². The maximum Gasteiger partial charge on any atom is 1.00 e. The van der Waals surface area contributed by atoms with E-state index in [1.54, 1.807) is 0 Å². The van der Waals surface area contributed by atoms with Crippen molar-refractivity contribution >= 4 is 28.3 Å². The molecule has 4 heteroatoms. The summed E-state index contributed by atoms with van der Waals surface area (Å²) >= 11 is 4.44. The molecule has 0 aromatic rings. The maximum atomic E-state index is 4.44. The van der Waals surface area contributed by atoms with Crippen LogP contribution < -0.4 is 18.9 Å². The van der Waals surface area contributed by atoms with Gasteiger partial charge in [-0.05, 0) is 0 Å². The Balaban J connectivity index is -0.0000000200. The van der Waals surface area contributed by atoms with Gasteiger partial charge in [0.05, 0.1) is 0 Å². The van der Waals surface area contributed by atoms with Crippen LogP contribution in [0.4, 0.5) is 0 Å². The first-order valence-corrected chi connectivity index (χ1v) is 5.12. The third-order valence-electron chi connectivity index (χ3n) is 0. The van der Waals surface area contributed by atoms with Gasteiger partial charge in [-0.25, -0.2) is 0 Å². The molecule has 0 saturated carbocycles. The fraction of sp³-hybridized carbons (Fsp3) is 0. The van der Waals surface area contributed by atoms with E-state index in [0.717, 1.165) is 0 Å². The Labute approximate surface area is 48.8 Å². The minimum absolute atomic E-state index is 0. The van der Waals surface area contributed by atoms with Crippen LogP contribution in [0.1, 0.15) is 1.43 Å². The van der Waals surface area contributed by atoms with Crippen LogP contribution in [-0.4, -0.2) is 7.89 Å². The maximum absolute atomic E-state index is 4.44. The van der Waals surface area contributed by atoms with E-state index in [-0.39, 0.29) is 28.2 Å². The summed E-state index contributed by atoms with van der Waals surface area (Å²) in [6.45, 7) is 0. The Morgan fingerprint density at radius 1 is 2.00 bits per heavy atom. The van der Waals surface area contributed by atoms with Crippen LogP contribution in [0.25, 0.3) is 0 Å². The summed E-state index contributed by atoms with van der Waals surface area (Å²) < 4.78 is 0. The molecule has 0 spiro atoms. The van der Waals surface area contributed by atoms with E-state index in [1.165, 1.54) is 0 Å². The van der Waals surface area contributed by atoms with E-state index in [4.69, 9.17) is 0 Å². The first kappa shape index (κ1) is 9.07. The molecule has 0 aliphatic carbocycles. The standard InChI is InChI=1S/Li.H3PSSi.H/c;1-3-2;/h;3H,1H2;/q+1;;-1. The molecule has 0 aromatic heterocycles. The van der Waals surface area contributed by atoms with Crippen LogP contribution in [0.5, 0.6) is 0 Å². The molecule has 0 amide bonds. The average molecular weight is 102 g/mol. The van der Waals surface area contributed by atoms with Gasteiger partial charge >= 0.3 is 18.9 Å². The van der Waals surface area contributed by atoms with E-state index >= 15 is 0 Å². The van der Waals surface area contributed by atoms with Crippen molar-refractivity contribution in [3.63, 3.8) is 0 Å². The van der Waals surface area contributed by atoms with E-state index in [0.29, 0.717) is 0 Å². The fourth-order valence-electron chi connectivity index (χ4n) is 0. The van der Waals surface area contributed by atoms with Crippen molar-refractivity contribution in [2.24, 2.45) is 0 Å². The topological polar surface area (TPSA) is 0 Å². The van der Waals surface area contributed by atoms with Gasteiger partial charge in [0.1, 0.15) is 7.89 Å². The molecule has 0 rings (SSSR count). The summed E-state index contributed by atoms with van der Waals surface area (Å²) in [5, 5.41) is 0. The second-order valence-corrected chi connectivity index (χ2v) is 3.67. The molecule has 0 radical (unpaired) electrons. The molecule has 1 atom stereocenters. The average Bonchev–Trinajstić information content (AvgIpc) is 0.918. The molecule has 0 aliphatic heterocycles. The van der Waals surface area contributed by atoms with Gasteiger partial charge in [0.2, 0.25) is 0 Å². The van der Waals surface area contributed by atoms with Gasteiger partial charge < -0.3 is 1.43 Å². The van der Waals surface area contributed by atoms with Crippen molar-refractivity contribution in [2.75, 3.05) is 0 Å². The monoisotopic (exact) mass is 102 g/mol. The summed E-state index contributed by atoms with van der Waals surface area (Å²) in [6.07, 6.45) is 0. The van der Waals surface area contributed by atoms with Crippen LogP contribution in [0, 0.1) is 0 Å². The third-order valence-corrected chi connectivity index (χ3v) is 0. The van der Waals surface area contributed by atoms with Crippen molar-refractivity contribution in [1.29, 1.82) is 0 Å². The Morgan fingerprint density at radius 3 is 2.00 bits per heavy atom. The molecule has 0 N–H and O–H groups in total. The fourth-order valence-corrected chi connectivity index (χ4v) is 0. The van der Waals surface area contributed by atoms with E-state index in [9.17, 15) is 0 Å². The summed E-state index contributed by atoms with van der Waals surface area (Å²) in [4.78, 5) is 0. The molecular weight excluding hydrogens is 98.1 g/mol. The first-order chi connectivity index (χ1) is 1.41. The SMILES string of the molecule is P[SiH]=S.[H-].[Li+]. The summed E-state index contributed by atoms with van der Waals surface area (Å²) in [5.41, 5.74) is 0. The first-order valence-electron chi connectivity index (χ1n) is 0.569. The molecule has 20 valence electrons. The smallest absolute Gasteiger partial charge is 1.00 e. The Bertz CT molecular complexity index is 19.1. The molecule has 4 heavy (non-hydrogen) atoms. The van der Waals surface area contributed by atoms with Gasteiger partial charge in [0, 0.05) is 0 Å². The van der Waals surface area contributed by atoms with Crippen molar-refractivity contribution in [3.05, 3.63) is 0 Å². The van der Waals surface area contributed by atoms with Crippen molar-refractivity contribution < 1.29 is 20.3 Å². The minimum atomic E-state index is 0. The van der Waals surface area contributed by atoms with Gasteiger partial charge in [-0.1, -0.05) is 0 Å². The Kier molecular flexibility index (Phi) is 20.0. The molecule has 0 nitrogen and oxygen atoms in total. The molecule has 0 aliphatic rings. The number of rotatable bonds is 0. The zero-order chi connectivity index (χ0) is 2.71. The second kappa shape index (κ2) is 8.82. The van der Waals surface area contributed by atoms with Gasteiger partial charge in [0.25, 0.3) is 0 Å². The Morgan fingerprint density at radius 2 is 2.00 bits per heavy atom. The van der Waals surface area contributed by atoms with Crippen LogP contribution in [-0.2, 0) is 0 Å². The van der Waals surface area contributed by atoms with E-state index < -0.39 is 0 Å². The van der Waals surface area contributed by atoms with Gasteiger partial charge in [-0.15, -0.1) is 20.4 Å². The molecule has 0 heterocycles. The molecule has 0 bridgehead atoms. The normalized spacial score (nSPS) is 3.25. The third kappa shape index (κ3) is 9.81. The summed E-state index contributed by atoms with van der Waals surface area (Å²) in [6, 6.07) is 0. The molecule has 0 aromatic carbocycles. The second-order valence-electron chi connectivity index (χ2n) is 0.136. The molecule has 1 unspecified atom stereocenters. The zero-order valence-corrected chi connectivity index (χ0v) is 5.69. The summed E-state index contributed by atoms with van der Waals surface area (Å²) in [5.74, 6) is 0. The largest absolute Gasteiger partial charge is 1.00 e. The van der Waals surface area contributed by atoms with Crippen LogP contribution >= 0.6 is 20.4 Å². The van der Waals surface area contributed by atoms with Crippen molar-refractivity contribution in [3.8, 4) is 0 Å².